The van der Waals surface area contributed by atoms with Crippen LogP contribution in [0, 0.1) is 6.92 Å². The Morgan fingerprint density at radius 3 is 2.96 bits per heavy atom. The number of likely N-dealkylation sites (tertiary alicyclic amines) is 1. The molecule has 1 aliphatic heterocycles. The van der Waals surface area contributed by atoms with Gasteiger partial charge in [-0.15, -0.1) is 11.8 Å². The van der Waals surface area contributed by atoms with Crippen molar-refractivity contribution in [2.45, 2.75) is 57.7 Å². The number of thioether (sulfide) groups is 1. The van der Waals surface area contributed by atoms with Gasteiger partial charge in [0.15, 0.2) is 5.82 Å². The quantitative estimate of drug-likeness (QED) is 0.638. The smallest absolute Gasteiger partial charge is 0.238 e. The molecule has 0 bridgehead atoms. The first kappa shape index (κ1) is 20.8. The molecule has 0 aliphatic carbocycles. The number of carbonyl (C=O) groups is 2. The zero-order valence-electron chi connectivity index (χ0n) is 15.9. The molecule has 1 saturated heterocycles. The molecule has 0 radical (unpaired) electrons. The van der Waals surface area contributed by atoms with Crippen LogP contribution in [0.4, 0.5) is 5.82 Å². The minimum absolute atomic E-state index is 0.0291. The summed E-state index contributed by atoms with van der Waals surface area (Å²) in [4.78, 5) is 26.5. The van der Waals surface area contributed by atoms with Crippen molar-refractivity contribution in [2.75, 3.05) is 30.7 Å². The summed E-state index contributed by atoms with van der Waals surface area (Å²) in [5.74, 6) is 1.09. The van der Waals surface area contributed by atoms with Gasteiger partial charge in [-0.25, -0.2) is 0 Å². The van der Waals surface area contributed by atoms with Gasteiger partial charge in [0.05, 0.1) is 11.0 Å². The van der Waals surface area contributed by atoms with Crippen LogP contribution in [0.25, 0.3) is 0 Å². The number of amides is 2. The lowest BCUT2D eigenvalue weighted by molar-refractivity contribution is -0.118. The predicted octanol–water partition coefficient (Wildman–Crippen LogP) is 2.42. The van der Waals surface area contributed by atoms with Gasteiger partial charge < -0.3 is 20.1 Å². The Balaban J connectivity index is 1.56. The molecule has 7 nitrogen and oxygen atoms in total. The summed E-state index contributed by atoms with van der Waals surface area (Å²) >= 11 is 1.31. The standard InChI is InChI=1S/C18H30N4O3S/c1-13-7-4-5-9-22(13)10-6-8-19-17(23)12-26-15(3)18(24)20-16-11-14(2)25-21-16/h11,13,15H,4-10,12H2,1-3H3,(H,19,23)(H,20,21,24). The molecule has 8 heteroatoms. The first-order valence-corrected chi connectivity index (χ1v) is 10.4. The van der Waals surface area contributed by atoms with Crippen molar-refractivity contribution < 1.29 is 14.1 Å². The van der Waals surface area contributed by atoms with Crippen LogP contribution < -0.4 is 10.6 Å². The fourth-order valence-corrected chi connectivity index (χ4v) is 3.69. The minimum Gasteiger partial charge on any atom is -0.360 e. The number of piperidine rings is 1. The van der Waals surface area contributed by atoms with E-state index in [-0.39, 0.29) is 22.8 Å². The van der Waals surface area contributed by atoms with Gasteiger partial charge in [0.25, 0.3) is 0 Å². The summed E-state index contributed by atoms with van der Waals surface area (Å²) in [7, 11) is 0. The van der Waals surface area contributed by atoms with Crippen molar-refractivity contribution in [3.05, 3.63) is 11.8 Å². The highest BCUT2D eigenvalue weighted by atomic mass is 32.2. The molecule has 2 amide bonds. The SMILES string of the molecule is Cc1cc(NC(=O)C(C)SCC(=O)NCCCN2CCCCC2C)no1. The number of rotatable bonds is 9. The van der Waals surface area contributed by atoms with Gasteiger partial charge in [-0.2, -0.15) is 0 Å². The Kier molecular flexibility index (Phi) is 8.44. The molecule has 2 heterocycles. The predicted molar refractivity (Wildman–Crippen MR) is 104 cm³/mol. The molecule has 2 unspecified atom stereocenters. The number of nitrogens with one attached hydrogen (secondary N) is 2. The van der Waals surface area contributed by atoms with Crippen molar-refractivity contribution in [1.82, 2.24) is 15.4 Å². The average molecular weight is 383 g/mol. The zero-order valence-corrected chi connectivity index (χ0v) is 16.7. The van der Waals surface area contributed by atoms with Gasteiger partial charge in [0, 0.05) is 25.2 Å². The van der Waals surface area contributed by atoms with Gasteiger partial charge in [-0.1, -0.05) is 11.6 Å². The second-order valence-corrected chi connectivity index (χ2v) is 8.18. The molecule has 0 aromatic carbocycles. The minimum atomic E-state index is -0.341. The van der Waals surface area contributed by atoms with E-state index in [0.717, 1.165) is 13.0 Å². The highest BCUT2D eigenvalue weighted by Crippen LogP contribution is 2.16. The third kappa shape index (κ3) is 6.99. The van der Waals surface area contributed by atoms with Crippen LogP contribution in [0.1, 0.15) is 45.3 Å². The highest BCUT2D eigenvalue weighted by Gasteiger charge is 2.18. The first-order chi connectivity index (χ1) is 12.5. The fourth-order valence-electron chi connectivity index (χ4n) is 2.98. The van der Waals surface area contributed by atoms with E-state index >= 15 is 0 Å². The second-order valence-electron chi connectivity index (χ2n) is 6.85. The third-order valence-electron chi connectivity index (χ3n) is 4.60. The molecule has 2 N–H and O–H groups in total. The lowest BCUT2D eigenvalue weighted by Gasteiger charge is -2.33. The van der Waals surface area contributed by atoms with Gasteiger partial charge >= 0.3 is 0 Å². The Morgan fingerprint density at radius 2 is 2.27 bits per heavy atom. The zero-order chi connectivity index (χ0) is 18.9. The Labute approximate surface area is 159 Å². The molecule has 1 aromatic rings. The van der Waals surface area contributed by atoms with Crippen molar-refractivity contribution in [3.8, 4) is 0 Å². The van der Waals surface area contributed by atoms with E-state index < -0.39 is 0 Å². The largest absolute Gasteiger partial charge is 0.360 e. The molecule has 2 rings (SSSR count). The topological polar surface area (TPSA) is 87.5 Å². The van der Waals surface area contributed by atoms with E-state index in [4.69, 9.17) is 4.52 Å². The van der Waals surface area contributed by atoms with Crippen molar-refractivity contribution in [2.24, 2.45) is 0 Å². The lowest BCUT2D eigenvalue weighted by Crippen LogP contribution is -2.39. The maximum atomic E-state index is 12.0. The molecule has 146 valence electrons. The number of carbonyl (C=O) groups excluding carboxylic acids is 2. The first-order valence-electron chi connectivity index (χ1n) is 9.32. The van der Waals surface area contributed by atoms with E-state index in [9.17, 15) is 9.59 Å². The molecule has 0 spiro atoms. The van der Waals surface area contributed by atoms with Crippen molar-refractivity contribution >= 4 is 29.4 Å². The third-order valence-corrected chi connectivity index (χ3v) is 5.74. The number of hydrogen-bond donors (Lipinski definition) is 2. The van der Waals surface area contributed by atoms with Crippen LogP contribution in [-0.2, 0) is 9.59 Å². The Morgan fingerprint density at radius 1 is 1.46 bits per heavy atom. The Hall–Kier alpha value is -1.54. The van der Waals surface area contributed by atoms with Gasteiger partial charge in [0.1, 0.15) is 5.76 Å². The summed E-state index contributed by atoms with van der Waals surface area (Å²) in [6.45, 7) is 8.70. The molecule has 2 atom stereocenters. The summed E-state index contributed by atoms with van der Waals surface area (Å²) in [5, 5.41) is 9.00. The average Bonchev–Trinajstić information content (AvgIpc) is 3.02. The summed E-state index contributed by atoms with van der Waals surface area (Å²) in [6, 6.07) is 2.31. The molecular formula is C18H30N4O3S. The van der Waals surface area contributed by atoms with Crippen LogP contribution in [0.3, 0.4) is 0 Å². The summed E-state index contributed by atoms with van der Waals surface area (Å²) in [5.41, 5.74) is 0. The number of nitrogens with zero attached hydrogens (tertiary/aromatic N) is 2. The molecule has 1 aromatic heterocycles. The highest BCUT2D eigenvalue weighted by molar-refractivity contribution is 8.01. The van der Waals surface area contributed by atoms with E-state index in [0.29, 0.717) is 24.2 Å². The van der Waals surface area contributed by atoms with Crippen LogP contribution in [0.15, 0.2) is 10.6 Å². The van der Waals surface area contributed by atoms with Crippen LogP contribution in [0.5, 0.6) is 0 Å². The van der Waals surface area contributed by atoms with Crippen LogP contribution in [0.2, 0.25) is 0 Å². The van der Waals surface area contributed by atoms with E-state index in [2.05, 4.69) is 27.6 Å². The van der Waals surface area contributed by atoms with Gasteiger partial charge in [-0.05, 0) is 46.6 Å². The summed E-state index contributed by atoms with van der Waals surface area (Å²) in [6.07, 6.45) is 4.84. The number of hydrogen-bond acceptors (Lipinski definition) is 6. The van der Waals surface area contributed by atoms with Gasteiger partial charge in [0.2, 0.25) is 11.8 Å². The molecule has 1 aliphatic rings. The van der Waals surface area contributed by atoms with Gasteiger partial charge in [-0.3, -0.25) is 9.59 Å². The lowest BCUT2D eigenvalue weighted by atomic mass is 10.0. The van der Waals surface area contributed by atoms with Crippen molar-refractivity contribution in [3.63, 3.8) is 0 Å². The number of aryl methyl sites for hydroxylation is 1. The Bertz CT molecular complexity index is 593. The molecular weight excluding hydrogens is 352 g/mol. The van der Waals surface area contributed by atoms with Crippen molar-refractivity contribution in [1.29, 1.82) is 0 Å². The van der Waals surface area contributed by atoms with Crippen LogP contribution in [-0.4, -0.2) is 58.5 Å². The van der Waals surface area contributed by atoms with E-state index in [1.165, 1.54) is 37.6 Å². The maximum absolute atomic E-state index is 12.0. The molecule has 26 heavy (non-hydrogen) atoms. The number of aromatic nitrogens is 1. The van der Waals surface area contributed by atoms with E-state index in [1.807, 2.05) is 0 Å². The molecule has 1 fully saturated rings. The number of anilines is 1. The normalized spacial score (nSPS) is 19.1. The van der Waals surface area contributed by atoms with E-state index in [1.54, 1.807) is 19.9 Å². The monoisotopic (exact) mass is 382 g/mol. The maximum Gasteiger partial charge on any atom is 0.238 e. The molecule has 0 saturated carbocycles. The summed E-state index contributed by atoms with van der Waals surface area (Å²) < 4.78 is 4.91. The van der Waals surface area contributed by atoms with Crippen LogP contribution >= 0.6 is 11.8 Å². The second kappa shape index (κ2) is 10.6. The fraction of sp³-hybridized carbons (Fsp3) is 0.722.